The zero-order chi connectivity index (χ0) is 23.8. The topological polar surface area (TPSA) is 125 Å². The summed E-state index contributed by atoms with van der Waals surface area (Å²) in [5.74, 6) is 1.68. The quantitative estimate of drug-likeness (QED) is 0.587. The fraction of sp³-hybridized carbons (Fsp3) is 0.381. The van der Waals surface area contributed by atoms with Crippen molar-refractivity contribution in [3.05, 3.63) is 35.9 Å². The Hall–Kier alpha value is -3.46. The SMILES string of the molecule is C#CCOc1cnc(C(=O)Nc2cnc(OC)c([C@@]3(C)N=C(N)S[C@@]4(C(F)F)C[C@@H]34)c2)cn1. The van der Waals surface area contributed by atoms with Crippen molar-refractivity contribution >= 4 is 28.5 Å². The van der Waals surface area contributed by atoms with E-state index < -0.39 is 28.5 Å². The van der Waals surface area contributed by atoms with Gasteiger partial charge in [0.05, 0.1) is 41.7 Å². The Morgan fingerprint density at radius 2 is 2.18 bits per heavy atom. The number of carbonyl (C=O) groups excluding carboxylic acids is 1. The molecule has 2 aromatic heterocycles. The van der Waals surface area contributed by atoms with Crippen molar-refractivity contribution in [3.63, 3.8) is 0 Å². The normalized spacial score (nSPS) is 25.5. The Bertz CT molecular complexity index is 1160. The molecule has 3 atom stereocenters. The number of nitrogens with two attached hydrogens (primary N) is 1. The predicted octanol–water partition coefficient (Wildman–Crippen LogP) is 2.45. The first kappa shape index (κ1) is 22.7. The summed E-state index contributed by atoms with van der Waals surface area (Å²) in [5.41, 5.74) is 5.62. The minimum atomic E-state index is -2.56. The molecule has 0 radical (unpaired) electrons. The number of thioether (sulfide) groups is 1. The number of terminal acetylenes is 1. The number of ether oxygens (including phenoxy) is 2. The summed E-state index contributed by atoms with van der Waals surface area (Å²) in [4.78, 5) is 29.4. The monoisotopic (exact) mass is 474 g/mol. The number of amidine groups is 1. The van der Waals surface area contributed by atoms with Crippen LogP contribution in [-0.2, 0) is 5.54 Å². The van der Waals surface area contributed by atoms with Gasteiger partial charge in [-0.15, -0.1) is 6.42 Å². The smallest absolute Gasteiger partial charge is 0.275 e. The molecule has 9 nitrogen and oxygen atoms in total. The molecule has 1 aliphatic carbocycles. The number of nitrogens with one attached hydrogen (secondary N) is 1. The molecule has 3 heterocycles. The summed E-state index contributed by atoms with van der Waals surface area (Å²) in [6.45, 7) is 1.75. The zero-order valence-corrected chi connectivity index (χ0v) is 18.5. The lowest BCUT2D eigenvalue weighted by Gasteiger charge is -2.34. The summed E-state index contributed by atoms with van der Waals surface area (Å²) in [6, 6.07) is 1.60. The lowest BCUT2D eigenvalue weighted by Crippen LogP contribution is -2.38. The molecule has 0 saturated heterocycles. The third kappa shape index (κ3) is 4.04. The highest BCUT2D eigenvalue weighted by Gasteiger charge is 2.71. The Labute approximate surface area is 192 Å². The van der Waals surface area contributed by atoms with Crippen molar-refractivity contribution in [2.75, 3.05) is 19.0 Å². The molecule has 0 unspecified atom stereocenters. The molecule has 0 bridgehead atoms. The summed E-state index contributed by atoms with van der Waals surface area (Å²) >= 11 is 0.910. The van der Waals surface area contributed by atoms with Crippen LogP contribution in [0.5, 0.6) is 11.8 Å². The average molecular weight is 474 g/mol. The van der Waals surface area contributed by atoms with Gasteiger partial charge in [0.15, 0.2) is 11.8 Å². The van der Waals surface area contributed by atoms with E-state index >= 15 is 0 Å². The number of hydrogen-bond acceptors (Lipinski definition) is 9. The lowest BCUT2D eigenvalue weighted by molar-refractivity contribution is 0.102. The minimum absolute atomic E-state index is 0.0264. The van der Waals surface area contributed by atoms with E-state index in [0.29, 0.717) is 11.3 Å². The number of aliphatic imine (C=N–C) groups is 1. The maximum atomic E-state index is 13.8. The van der Waals surface area contributed by atoms with Crippen LogP contribution in [0, 0.1) is 18.3 Å². The maximum absolute atomic E-state index is 13.8. The summed E-state index contributed by atoms with van der Waals surface area (Å²) in [5, 5.41) is 2.75. The fourth-order valence-corrected chi connectivity index (χ4v) is 5.31. The molecule has 12 heteroatoms. The minimum Gasteiger partial charge on any atom is -0.481 e. The third-order valence-electron chi connectivity index (χ3n) is 5.65. The number of aromatic nitrogens is 3. The second-order valence-corrected chi connectivity index (χ2v) is 9.06. The van der Waals surface area contributed by atoms with Crippen LogP contribution < -0.4 is 20.5 Å². The van der Waals surface area contributed by atoms with Crippen LogP contribution in [0.15, 0.2) is 29.6 Å². The number of anilines is 1. The Balaban J connectivity index is 1.61. The van der Waals surface area contributed by atoms with Crippen LogP contribution in [0.1, 0.15) is 29.4 Å². The summed E-state index contributed by atoms with van der Waals surface area (Å²) < 4.78 is 36.9. The first-order chi connectivity index (χ1) is 15.7. The van der Waals surface area contributed by atoms with E-state index in [1.54, 1.807) is 13.0 Å². The van der Waals surface area contributed by atoms with Crippen LogP contribution in [0.3, 0.4) is 0 Å². The van der Waals surface area contributed by atoms with Crippen LogP contribution >= 0.6 is 11.8 Å². The van der Waals surface area contributed by atoms with Crippen molar-refractivity contribution in [1.82, 2.24) is 15.0 Å². The molecule has 33 heavy (non-hydrogen) atoms. The van der Waals surface area contributed by atoms with Crippen LogP contribution in [0.2, 0.25) is 0 Å². The number of nitrogens with zero attached hydrogens (tertiary/aromatic N) is 4. The average Bonchev–Trinajstić information content (AvgIpc) is 3.55. The molecule has 2 aliphatic rings. The number of halogens is 2. The predicted molar refractivity (Wildman–Crippen MR) is 119 cm³/mol. The Morgan fingerprint density at radius 1 is 1.39 bits per heavy atom. The van der Waals surface area contributed by atoms with Gasteiger partial charge in [0, 0.05) is 11.5 Å². The number of carbonyl (C=O) groups is 1. The number of hydrogen-bond donors (Lipinski definition) is 2. The van der Waals surface area contributed by atoms with Crippen LogP contribution in [0.25, 0.3) is 0 Å². The van der Waals surface area contributed by atoms with E-state index in [1.807, 2.05) is 0 Å². The van der Waals surface area contributed by atoms with Gasteiger partial charge in [-0.1, -0.05) is 17.7 Å². The molecule has 172 valence electrons. The standard InChI is InChI=1S/C21H20F2N6O3S/c1-4-5-32-15-10-25-13(9-26-15)16(30)28-11-6-12(17(31-3)27-8-11)20(2)14-7-21(14,18(22)23)33-19(24)29-20/h1,6,8-10,14,18H,5,7H2,2-3H3,(H2,24,29)(H,28,30)/t14-,20+,21-/m0/s1. The van der Waals surface area contributed by atoms with E-state index in [-0.39, 0.29) is 35.6 Å². The highest BCUT2D eigenvalue weighted by Crippen LogP contribution is 2.68. The van der Waals surface area contributed by atoms with E-state index in [2.05, 4.69) is 31.2 Å². The van der Waals surface area contributed by atoms with Crippen molar-refractivity contribution in [3.8, 4) is 24.1 Å². The molecule has 1 saturated carbocycles. The fourth-order valence-electron chi connectivity index (χ4n) is 3.97. The van der Waals surface area contributed by atoms with E-state index in [4.69, 9.17) is 21.6 Å². The number of pyridine rings is 1. The van der Waals surface area contributed by atoms with Gasteiger partial charge in [-0.3, -0.25) is 9.79 Å². The first-order valence-electron chi connectivity index (χ1n) is 9.80. The summed E-state index contributed by atoms with van der Waals surface area (Å²) in [7, 11) is 1.42. The van der Waals surface area contributed by atoms with E-state index in [0.717, 1.165) is 11.8 Å². The molecule has 2 aromatic rings. The molecule has 3 N–H and O–H groups in total. The number of amides is 1. The van der Waals surface area contributed by atoms with Gasteiger partial charge in [-0.25, -0.2) is 23.7 Å². The highest BCUT2D eigenvalue weighted by atomic mass is 32.2. The molecule has 4 rings (SSSR count). The first-order valence-corrected chi connectivity index (χ1v) is 10.6. The number of methoxy groups -OCH3 is 1. The van der Waals surface area contributed by atoms with Crippen molar-refractivity contribution in [2.24, 2.45) is 16.6 Å². The molecule has 1 amide bonds. The largest absolute Gasteiger partial charge is 0.481 e. The highest BCUT2D eigenvalue weighted by molar-refractivity contribution is 8.15. The number of rotatable bonds is 7. The zero-order valence-electron chi connectivity index (χ0n) is 17.7. The Kier molecular flexibility index (Phi) is 5.84. The molecular weight excluding hydrogens is 454 g/mol. The molecular formula is C21H20F2N6O3S. The van der Waals surface area contributed by atoms with Gasteiger partial charge in [0.1, 0.15) is 5.69 Å². The summed E-state index contributed by atoms with van der Waals surface area (Å²) in [6.07, 6.45) is 6.72. The van der Waals surface area contributed by atoms with Gasteiger partial charge >= 0.3 is 0 Å². The third-order valence-corrected chi connectivity index (χ3v) is 6.96. The molecule has 1 aliphatic heterocycles. The van der Waals surface area contributed by atoms with Crippen molar-refractivity contribution in [2.45, 2.75) is 30.1 Å². The second-order valence-electron chi connectivity index (χ2n) is 7.68. The van der Waals surface area contributed by atoms with E-state index in [1.165, 1.54) is 25.7 Å². The lowest BCUT2D eigenvalue weighted by atomic mass is 9.86. The van der Waals surface area contributed by atoms with Crippen molar-refractivity contribution < 1.29 is 23.0 Å². The van der Waals surface area contributed by atoms with Gasteiger partial charge in [0.25, 0.3) is 12.3 Å². The van der Waals surface area contributed by atoms with E-state index in [9.17, 15) is 13.6 Å². The van der Waals surface area contributed by atoms with Gasteiger partial charge in [0.2, 0.25) is 11.8 Å². The number of fused-ring (bicyclic) bond motifs is 1. The van der Waals surface area contributed by atoms with Crippen LogP contribution in [0.4, 0.5) is 14.5 Å². The number of alkyl halides is 2. The molecule has 0 aromatic carbocycles. The van der Waals surface area contributed by atoms with Gasteiger partial charge in [-0.05, 0) is 19.4 Å². The second kappa shape index (κ2) is 8.47. The van der Waals surface area contributed by atoms with Gasteiger partial charge in [-0.2, -0.15) is 0 Å². The maximum Gasteiger partial charge on any atom is 0.275 e. The van der Waals surface area contributed by atoms with Gasteiger partial charge < -0.3 is 20.5 Å². The van der Waals surface area contributed by atoms with Crippen molar-refractivity contribution in [1.29, 1.82) is 0 Å². The van der Waals surface area contributed by atoms with Crippen LogP contribution in [-0.4, -0.2) is 50.9 Å². The molecule has 0 spiro atoms. The molecule has 1 fully saturated rings. The Morgan fingerprint density at radius 3 is 2.82 bits per heavy atom.